The van der Waals surface area contributed by atoms with Gasteiger partial charge in [-0.25, -0.2) is 9.59 Å². The second-order valence-electron chi connectivity index (χ2n) is 11.9. The van der Waals surface area contributed by atoms with Crippen molar-refractivity contribution < 1.29 is 47.5 Å². The Bertz CT molecular complexity index is 1610. The van der Waals surface area contributed by atoms with E-state index in [1.54, 1.807) is 0 Å². The molecule has 0 spiro atoms. The van der Waals surface area contributed by atoms with Crippen LogP contribution in [0.15, 0.2) is 121 Å². The van der Waals surface area contributed by atoms with Gasteiger partial charge in [-0.15, -0.1) is 0 Å². The predicted molar refractivity (Wildman–Crippen MR) is 180 cm³/mol. The third-order valence-electron chi connectivity index (χ3n) is 8.34. The molecule has 2 aliphatic rings. The van der Waals surface area contributed by atoms with E-state index in [0.717, 1.165) is 22.3 Å². The summed E-state index contributed by atoms with van der Waals surface area (Å²) in [5.74, 6) is -0.719. The van der Waals surface area contributed by atoms with E-state index in [9.17, 15) is 9.59 Å². The molecular weight excluding hydrogens is 642 g/mol. The van der Waals surface area contributed by atoms with Gasteiger partial charge in [-0.05, 0) is 16.7 Å². The zero-order valence-electron chi connectivity index (χ0n) is 27.7. The minimum absolute atomic E-state index is 0.0238. The van der Waals surface area contributed by atoms with Crippen LogP contribution in [-0.4, -0.2) is 69.1 Å². The lowest BCUT2D eigenvalue weighted by molar-refractivity contribution is -0.372. The van der Waals surface area contributed by atoms with Crippen LogP contribution in [0.2, 0.25) is 0 Å². The standard InChI is InChI=1S/C39H41NO10/c1-43-36(41)31(40-39(42)48-24-29-18-10-4-11-19-29)25-46-38-35(45-23-28-16-8-3-9-17-28)34(44-22-27-14-6-2-7-15-27)33-32(49-38)26-47-37(50-33)30-20-12-5-13-21-30/h2-21,31-35,37-38H,22-26H2,1H3,(H,40,42)/t31-,32+,33+,34-,35+,37+,38-/m0/s1. The van der Waals surface area contributed by atoms with Gasteiger partial charge in [0.15, 0.2) is 18.6 Å². The normalized spacial score (nSPS) is 23.6. The van der Waals surface area contributed by atoms with Gasteiger partial charge in [-0.1, -0.05) is 121 Å². The highest BCUT2D eigenvalue weighted by Gasteiger charge is 2.52. The van der Waals surface area contributed by atoms with Crippen LogP contribution in [0, 0.1) is 0 Å². The van der Waals surface area contributed by atoms with Crippen molar-refractivity contribution in [3.8, 4) is 0 Å². The molecular formula is C39H41NO10. The molecule has 0 bridgehead atoms. The Hall–Kier alpha value is -4.62. The number of esters is 1. The smallest absolute Gasteiger partial charge is 0.408 e. The Kier molecular flexibility index (Phi) is 12.6. The summed E-state index contributed by atoms with van der Waals surface area (Å²) in [6.07, 6.45) is -5.20. The Morgan fingerprint density at radius 2 is 1.24 bits per heavy atom. The predicted octanol–water partition coefficient (Wildman–Crippen LogP) is 5.48. The molecule has 0 aromatic heterocycles. The maximum atomic E-state index is 12.8. The molecule has 50 heavy (non-hydrogen) atoms. The molecule has 2 fully saturated rings. The molecule has 1 amide bonds. The van der Waals surface area contributed by atoms with E-state index in [4.69, 9.17) is 37.9 Å². The first-order valence-electron chi connectivity index (χ1n) is 16.5. The highest BCUT2D eigenvalue weighted by molar-refractivity contribution is 5.81. The molecule has 7 atom stereocenters. The Balaban J connectivity index is 1.22. The number of rotatable bonds is 14. The Morgan fingerprint density at radius 1 is 0.700 bits per heavy atom. The number of carbonyl (C=O) groups excluding carboxylic acids is 2. The molecule has 0 radical (unpaired) electrons. The highest BCUT2D eigenvalue weighted by Crippen LogP contribution is 2.37. The monoisotopic (exact) mass is 683 g/mol. The SMILES string of the molecule is COC(=O)[C@H](CO[C@H]1O[C@@H]2CO[C@@H](c3ccccc3)O[C@H]2[C@H](OCc2ccccc2)[C@H]1OCc1ccccc1)NC(=O)OCc1ccccc1. The third-order valence-corrected chi connectivity index (χ3v) is 8.34. The zero-order valence-corrected chi connectivity index (χ0v) is 27.7. The van der Waals surface area contributed by atoms with Crippen LogP contribution in [-0.2, 0) is 62.5 Å². The number of benzene rings is 4. The van der Waals surface area contributed by atoms with Crippen molar-refractivity contribution in [1.29, 1.82) is 0 Å². The van der Waals surface area contributed by atoms with Crippen LogP contribution < -0.4 is 5.32 Å². The lowest BCUT2D eigenvalue weighted by Gasteiger charge is -2.49. The van der Waals surface area contributed by atoms with Gasteiger partial charge >= 0.3 is 12.1 Å². The summed E-state index contributed by atoms with van der Waals surface area (Å²) in [5, 5.41) is 2.55. The minimum atomic E-state index is -1.20. The van der Waals surface area contributed by atoms with Gasteiger partial charge in [0.05, 0.1) is 33.5 Å². The average Bonchev–Trinajstić information content (AvgIpc) is 3.18. The summed E-state index contributed by atoms with van der Waals surface area (Å²) < 4.78 is 48.9. The molecule has 4 aromatic rings. The number of carbonyl (C=O) groups is 2. The largest absolute Gasteiger partial charge is 0.467 e. The molecule has 2 saturated heterocycles. The summed E-state index contributed by atoms with van der Waals surface area (Å²) in [4.78, 5) is 25.5. The Labute approximate surface area is 291 Å². The van der Waals surface area contributed by atoms with Crippen LogP contribution in [0.3, 0.4) is 0 Å². The number of nitrogens with one attached hydrogen (secondary N) is 1. The number of methoxy groups -OCH3 is 1. The van der Waals surface area contributed by atoms with Crippen molar-refractivity contribution in [2.24, 2.45) is 0 Å². The molecule has 2 heterocycles. The quantitative estimate of drug-likeness (QED) is 0.171. The summed E-state index contributed by atoms with van der Waals surface area (Å²) in [6.45, 7) is 0.397. The Morgan fingerprint density at radius 3 is 1.82 bits per heavy atom. The topological polar surface area (TPSA) is 120 Å². The van der Waals surface area contributed by atoms with Crippen molar-refractivity contribution in [3.63, 3.8) is 0 Å². The van der Waals surface area contributed by atoms with Crippen molar-refractivity contribution in [2.45, 2.75) is 62.9 Å². The van der Waals surface area contributed by atoms with E-state index in [0.29, 0.717) is 0 Å². The maximum Gasteiger partial charge on any atom is 0.408 e. The zero-order chi connectivity index (χ0) is 34.5. The first kappa shape index (κ1) is 35.2. The minimum Gasteiger partial charge on any atom is -0.467 e. The molecule has 11 nitrogen and oxygen atoms in total. The van der Waals surface area contributed by atoms with Gasteiger partial charge in [0.2, 0.25) is 0 Å². The summed E-state index contributed by atoms with van der Waals surface area (Å²) in [5.41, 5.74) is 3.55. The third kappa shape index (κ3) is 9.54. The van der Waals surface area contributed by atoms with Gasteiger partial charge in [-0.3, -0.25) is 0 Å². The van der Waals surface area contributed by atoms with Crippen LogP contribution in [0.25, 0.3) is 0 Å². The summed E-state index contributed by atoms with van der Waals surface area (Å²) >= 11 is 0. The lowest BCUT2D eigenvalue weighted by atomic mass is 9.97. The second-order valence-corrected chi connectivity index (χ2v) is 11.9. The molecule has 6 rings (SSSR count). The lowest BCUT2D eigenvalue weighted by Crippen LogP contribution is -2.64. The van der Waals surface area contributed by atoms with E-state index < -0.39 is 55.1 Å². The fourth-order valence-corrected chi connectivity index (χ4v) is 5.77. The molecule has 2 aliphatic heterocycles. The van der Waals surface area contributed by atoms with E-state index >= 15 is 0 Å². The fourth-order valence-electron chi connectivity index (χ4n) is 5.77. The molecule has 0 saturated carbocycles. The molecule has 1 N–H and O–H groups in total. The van der Waals surface area contributed by atoms with Crippen LogP contribution >= 0.6 is 0 Å². The van der Waals surface area contributed by atoms with Crippen molar-refractivity contribution >= 4 is 12.1 Å². The number of hydrogen-bond acceptors (Lipinski definition) is 10. The van der Waals surface area contributed by atoms with E-state index in [1.165, 1.54) is 7.11 Å². The fraction of sp³-hybridized carbons (Fsp3) is 0.333. The number of fused-ring (bicyclic) bond motifs is 1. The molecule has 0 unspecified atom stereocenters. The number of ether oxygens (including phenoxy) is 8. The number of hydrogen-bond donors (Lipinski definition) is 1. The van der Waals surface area contributed by atoms with Crippen molar-refractivity contribution in [3.05, 3.63) is 144 Å². The van der Waals surface area contributed by atoms with Crippen molar-refractivity contribution in [2.75, 3.05) is 20.3 Å². The molecule has 0 aliphatic carbocycles. The number of alkyl carbamates (subject to hydrolysis) is 1. The van der Waals surface area contributed by atoms with Crippen LogP contribution in [0.4, 0.5) is 4.79 Å². The van der Waals surface area contributed by atoms with E-state index in [1.807, 2.05) is 121 Å². The first-order chi connectivity index (χ1) is 24.6. The van der Waals surface area contributed by atoms with Gasteiger partial charge in [-0.2, -0.15) is 0 Å². The second kappa shape index (κ2) is 17.9. The van der Waals surface area contributed by atoms with Gasteiger partial charge in [0.1, 0.15) is 31.0 Å². The van der Waals surface area contributed by atoms with Crippen LogP contribution in [0.1, 0.15) is 28.5 Å². The molecule has 4 aromatic carbocycles. The van der Waals surface area contributed by atoms with Gasteiger partial charge in [0, 0.05) is 5.56 Å². The maximum absolute atomic E-state index is 12.8. The van der Waals surface area contributed by atoms with Crippen LogP contribution in [0.5, 0.6) is 0 Å². The summed E-state index contributed by atoms with van der Waals surface area (Å²) in [6, 6.07) is 37.1. The molecule has 262 valence electrons. The molecule has 11 heteroatoms. The van der Waals surface area contributed by atoms with Gasteiger partial charge in [0.25, 0.3) is 0 Å². The van der Waals surface area contributed by atoms with Gasteiger partial charge < -0.3 is 43.2 Å². The first-order valence-corrected chi connectivity index (χ1v) is 16.5. The van der Waals surface area contributed by atoms with Crippen molar-refractivity contribution in [1.82, 2.24) is 5.32 Å². The highest BCUT2D eigenvalue weighted by atomic mass is 16.8. The number of amides is 1. The average molecular weight is 684 g/mol. The van der Waals surface area contributed by atoms with E-state index in [-0.39, 0.29) is 33.0 Å². The van der Waals surface area contributed by atoms with E-state index in [2.05, 4.69) is 5.32 Å². The summed E-state index contributed by atoms with van der Waals surface area (Å²) in [7, 11) is 1.23.